The first-order valence-electron chi connectivity index (χ1n) is 16.3. The molecule has 250 valence electrons. The van der Waals surface area contributed by atoms with Crippen LogP contribution in [0, 0.1) is 5.92 Å². The highest BCUT2D eigenvalue weighted by Gasteiger charge is 2.58. The van der Waals surface area contributed by atoms with Crippen molar-refractivity contribution in [1.82, 2.24) is 29.3 Å². The molecule has 0 amide bonds. The van der Waals surface area contributed by atoms with Crippen LogP contribution in [0.25, 0.3) is 11.2 Å². The van der Waals surface area contributed by atoms with E-state index in [2.05, 4.69) is 34.6 Å². The molecule has 5 aliphatic rings. The van der Waals surface area contributed by atoms with E-state index in [1.165, 1.54) is 12.5 Å². The van der Waals surface area contributed by atoms with Crippen molar-refractivity contribution in [3.63, 3.8) is 0 Å². The van der Waals surface area contributed by atoms with Crippen molar-refractivity contribution < 1.29 is 34.0 Å². The second-order valence-electron chi connectivity index (χ2n) is 13.1. The molecule has 1 aliphatic carbocycles. The Hall–Kier alpha value is -3.05. The summed E-state index contributed by atoms with van der Waals surface area (Å²) in [5, 5.41) is 20.2. The molecule has 0 spiro atoms. The Balaban J connectivity index is 1.04. The van der Waals surface area contributed by atoms with E-state index in [0.717, 1.165) is 51.6 Å². The van der Waals surface area contributed by atoms with Gasteiger partial charge in [0.1, 0.15) is 24.3 Å². The first-order valence-corrected chi connectivity index (χ1v) is 16.3. The Labute approximate surface area is 267 Å². The molecule has 2 N–H and O–H groups in total. The molecule has 0 saturated carbocycles. The van der Waals surface area contributed by atoms with Crippen LogP contribution in [0.5, 0.6) is 0 Å². The van der Waals surface area contributed by atoms with E-state index in [4.69, 9.17) is 24.1 Å². The number of fused-ring (bicyclic) bond motifs is 2. The number of carbonyl (C=O) groups excluding carboxylic acids is 1. The number of carbonyl (C=O) groups is 1. The summed E-state index contributed by atoms with van der Waals surface area (Å²) in [6, 6.07) is 0. The zero-order valence-corrected chi connectivity index (χ0v) is 26.5. The molecule has 4 fully saturated rings. The molecule has 4 saturated heterocycles. The lowest BCUT2D eigenvalue weighted by Gasteiger charge is -2.33. The van der Waals surface area contributed by atoms with Crippen molar-refractivity contribution in [1.29, 1.82) is 0 Å². The fraction of sp³-hybridized carbons (Fsp3) is 0.710. The van der Waals surface area contributed by atoms with Gasteiger partial charge >= 0.3 is 0 Å². The van der Waals surface area contributed by atoms with E-state index in [9.17, 15) is 9.90 Å². The van der Waals surface area contributed by atoms with Gasteiger partial charge in [-0.25, -0.2) is 15.0 Å². The van der Waals surface area contributed by atoms with E-state index in [1.54, 1.807) is 6.33 Å². The normalized spacial score (nSPS) is 31.1. The van der Waals surface area contributed by atoms with Gasteiger partial charge in [0.25, 0.3) is 0 Å². The Morgan fingerprint density at radius 1 is 0.978 bits per heavy atom. The van der Waals surface area contributed by atoms with Crippen LogP contribution in [0.2, 0.25) is 0 Å². The summed E-state index contributed by atoms with van der Waals surface area (Å²) in [5.41, 5.74) is 1.57. The summed E-state index contributed by atoms with van der Waals surface area (Å²) in [6.07, 6.45) is 3.25. The standard InChI is InChI=1S/C31H44N8O7/c1-31(2)45-26-25(20-15-22(41)21(23(42)16-20)17-32-3-4-36-5-7-37(8-6-36)9-12-40)44-30(27(26)46-31)39-19-35-24-28(33-18-34-29(24)39)38-10-13-43-14-11-38/h17-20,25-27,30,40-41H,3-16H2,1-2H3/t20-,25+,26+,27+,30+/m0/s1. The van der Waals surface area contributed by atoms with Crippen molar-refractivity contribution in [2.45, 2.75) is 57.0 Å². The number of hydrogen-bond donors (Lipinski definition) is 2. The summed E-state index contributed by atoms with van der Waals surface area (Å²) in [4.78, 5) is 38.3. The minimum absolute atomic E-state index is 0.0281. The highest BCUT2D eigenvalue weighted by Crippen LogP contribution is 2.48. The van der Waals surface area contributed by atoms with Gasteiger partial charge in [0.05, 0.1) is 44.4 Å². The minimum Gasteiger partial charge on any atom is -0.511 e. The SMILES string of the molecule is CC1(C)O[C@@H]2[C@@H]([C@@H]3CC(=O)C(C=NCCN4CCN(CCO)CC4)=C(O)C3)O[C@@H](n3cnc4c(N5CCOCC5)ncnc43)[C@@H]2O1. The molecule has 46 heavy (non-hydrogen) atoms. The number of ketones is 1. The number of aliphatic hydroxyl groups is 2. The monoisotopic (exact) mass is 640 g/mol. The Kier molecular flexibility index (Phi) is 9.06. The van der Waals surface area contributed by atoms with Crippen LogP contribution in [0.15, 0.2) is 29.0 Å². The van der Waals surface area contributed by atoms with Gasteiger partial charge in [-0.2, -0.15) is 0 Å². The van der Waals surface area contributed by atoms with Gasteiger partial charge < -0.3 is 34.1 Å². The lowest BCUT2D eigenvalue weighted by Crippen LogP contribution is -2.47. The second kappa shape index (κ2) is 13.2. The number of piperazine rings is 1. The number of allylic oxidation sites excluding steroid dienone is 2. The van der Waals surface area contributed by atoms with Crippen LogP contribution in [0.3, 0.4) is 0 Å². The van der Waals surface area contributed by atoms with Crippen molar-refractivity contribution in [2.75, 3.05) is 83.6 Å². The van der Waals surface area contributed by atoms with Crippen LogP contribution >= 0.6 is 0 Å². The van der Waals surface area contributed by atoms with Gasteiger partial charge in [-0.05, 0) is 13.8 Å². The largest absolute Gasteiger partial charge is 0.511 e. The number of nitrogens with zero attached hydrogens (tertiary/aromatic N) is 8. The Morgan fingerprint density at radius 2 is 1.72 bits per heavy atom. The van der Waals surface area contributed by atoms with E-state index in [-0.39, 0.29) is 42.5 Å². The maximum atomic E-state index is 13.3. The number of Topliss-reactive ketones (excluding diaryl/α,β-unsaturated/α-hetero) is 1. The molecule has 2 aromatic heterocycles. The minimum atomic E-state index is -0.847. The fourth-order valence-corrected chi connectivity index (χ4v) is 7.29. The molecule has 15 heteroatoms. The molecule has 5 atom stereocenters. The molecule has 6 heterocycles. The van der Waals surface area contributed by atoms with Gasteiger partial charge in [0.2, 0.25) is 0 Å². The fourth-order valence-electron chi connectivity index (χ4n) is 7.29. The summed E-state index contributed by atoms with van der Waals surface area (Å²) < 4.78 is 26.8. The van der Waals surface area contributed by atoms with Gasteiger partial charge in [0.15, 0.2) is 34.8 Å². The predicted octanol–water partition coefficient (Wildman–Crippen LogP) is 0.552. The average molecular weight is 641 g/mol. The Bertz CT molecular complexity index is 1470. The molecule has 15 nitrogen and oxygen atoms in total. The quantitative estimate of drug-likeness (QED) is 0.366. The van der Waals surface area contributed by atoms with Crippen LogP contribution in [-0.4, -0.2) is 154 Å². The molecular formula is C31H44N8O7. The zero-order valence-electron chi connectivity index (χ0n) is 26.5. The average Bonchev–Trinajstić information content (AvgIpc) is 3.72. The number of morpholine rings is 1. The second-order valence-corrected chi connectivity index (χ2v) is 13.1. The topological polar surface area (TPSA) is 160 Å². The summed E-state index contributed by atoms with van der Waals surface area (Å²) in [6.45, 7) is 12.4. The maximum Gasteiger partial charge on any atom is 0.168 e. The number of imidazole rings is 1. The number of ether oxygens (including phenoxy) is 4. The summed E-state index contributed by atoms with van der Waals surface area (Å²) >= 11 is 0. The van der Waals surface area contributed by atoms with Crippen molar-refractivity contribution >= 4 is 29.0 Å². The molecule has 0 unspecified atom stereocenters. The number of aromatic nitrogens is 4. The highest BCUT2D eigenvalue weighted by atomic mass is 16.8. The third-order valence-electron chi connectivity index (χ3n) is 9.62. The van der Waals surface area contributed by atoms with Crippen molar-refractivity contribution in [2.24, 2.45) is 10.9 Å². The lowest BCUT2D eigenvalue weighted by atomic mass is 9.82. The maximum absolute atomic E-state index is 13.3. The molecular weight excluding hydrogens is 596 g/mol. The molecule has 0 aromatic carbocycles. The van der Waals surface area contributed by atoms with E-state index in [1.807, 2.05) is 18.4 Å². The number of rotatable bonds is 9. The van der Waals surface area contributed by atoms with Crippen LogP contribution < -0.4 is 4.90 Å². The van der Waals surface area contributed by atoms with Gasteiger partial charge in [-0.3, -0.25) is 24.2 Å². The lowest BCUT2D eigenvalue weighted by molar-refractivity contribution is -0.202. The predicted molar refractivity (Wildman–Crippen MR) is 167 cm³/mol. The van der Waals surface area contributed by atoms with Crippen molar-refractivity contribution in [3.05, 3.63) is 24.0 Å². The van der Waals surface area contributed by atoms with E-state index < -0.39 is 30.3 Å². The third kappa shape index (κ3) is 6.29. The Morgan fingerprint density at radius 3 is 2.46 bits per heavy atom. The summed E-state index contributed by atoms with van der Waals surface area (Å²) in [5.74, 6) is -0.527. The molecule has 0 radical (unpaired) electrons. The first kappa shape index (κ1) is 31.5. The van der Waals surface area contributed by atoms with Crippen LogP contribution in [0.4, 0.5) is 5.82 Å². The smallest absolute Gasteiger partial charge is 0.168 e. The first-order chi connectivity index (χ1) is 22.3. The van der Waals surface area contributed by atoms with E-state index in [0.29, 0.717) is 37.5 Å². The van der Waals surface area contributed by atoms with Gasteiger partial charge in [0, 0.05) is 77.3 Å². The number of anilines is 1. The number of β-amino-alcohol motifs (C(OH)–C–C–N with tert-alkyl or cyclic N) is 1. The van der Waals surface area contributed by atoms with E-state index >= 15 is 0 Å². The number of aliphatic imine (C=N–C) groups is 1. The third-order valence-corrected chi connectivity index (χ3v) is 9.62. The van der Waals surface area contributed by atoms with Gasteiger partial charge in [-0.1, -0.05) is 0 Å². The molecule has 0 bridgehead atoms. The zero-order chi connectivity index (χ0) is 31.8. The van der Waals surface area contributed by atoms with Crippen LogP contribution in [-0.2, 0) is 23.7 Å². The molecule has 7 rings (SSSR count). The number of aliphatic hydroxyl groups excluding tert-OH is 2. The van der Waals surface area contributed by atoms with Crippen molar-refractivity contribution in [3.8, 4) is 0 Å². The van der Waals surface area contributed by atoms with Gasteiger partial charge in [-0.15, -0.1) is 0 Å². The molecule has 4 aliphatic heterocycles. The highest BCUT2D eigenvalue weighted by molar-refractivity contribution is 6.14. The molecule has 2 aromatic rings. The summed E-state index contributed by atoms with van der Waals surface area (Å²) in [7, 11) is 0. The number of hydrogen-bond acceptors (Lipinski definition) is 14. The van der Waals surface area contributed by atoms with Crippen LogP contribution in [0.1, 0.15) is 32.9 Å².